The molecule has 0 aromatic heterocycles. The zero-order valence-electron chi connectivity index (χ0n) is 10.4. The molecule has 90 valence electrons. The summed E-state index contributed by atoms with van der Waals surface area (Å²) >= 11 is 0. The quantitative estimate of drug-likeness (QED) is 0.781. The largest absolute Gasteiger partial charge is 0.373 e. The number of morpholine rings is 1. The summed E-state index contributed by atoms with van der Waals surface area (Å²) in [7, 11) is 0. The molecule has 3 heteroatoms. The Morgan fingerprint density at radius 2 is 1.82 bits per heavy atom. The van der Waals surface area contributed by atoms with Crippen LogP contribution in [-0.2, 0) is 11.3 Å². The lowest BCUT2D eigenvalue weighted by Gasteiger charge is -2.35. The average Bonchev–Trinajstić information content (AvgIpc) is 2.28. The van der Waals surface area contributed by atoms with E-state index < -0.39 is 0 Å². The highest BCUT2D eigenvalue weighted by atomic mass is 16.5. The zero-order valence-corrected chi connectivity index (χ0v) is 10.4. The molecule has 0 unspecified atom stereocenters. The molecule has 0 bridgehead atoms. The Morgan fingerprint density at radius 1 is 1.24 bits per heavy atom. The molecule has 0 amide bonds. The van der Waals surface area contributed by atoms with Crippen LogP contribution in [0.25, 0.3) is 0 Å². The fraction of sp³-hybridized carbons (Fsp3) is 0.500. The van der Waals surface area contributed by atoms with Crippen LogP contribution in [0.4, 0.5) is 0 Å². The molecule has 0 radical (unpaired) electrons. The van der Waals surface area contributed by atoms with Crippen molar-refractivity contribution in [1.82, 2.24) is 4.90 Å². The van der Waals surface area contributed by atoms with Crippen molar-refractivity contribution in [3.63, 3.8) is 0 Å². The van der Waals surface area contributed by atoms with Crippen LogP contribution < -0.4 is 0 Å². The number of nitriles is 1. The van der Waals surface area contributed by atoms with Gasteiger partial charge in [0.2, 0.25) is 0 Å². The molecule has 1 aliphatic rings. The Balaban J connectivity index is 1.98. The Labute approximate surface area is 103 Å². The van der Waals surface area contributed by atoms with Crippen LogP contribution in [0.1, 0.15) is 25.0 Å². The second-order valence-electron chi connectivity index (χ2n) is 4.76. The van der Waals surface area contributed by atoms with Crippen molar-refractivity contribution in [1.29, 1.82) is 5.26 Å². The van der Waals surface area contributed by atoms with Gasteiger partial charge in [0.05, 0.1) is 23.8 Å². The van der Waals surface area contributed by atoms with Gasteiger partial charge >= 0.3 is 0 Å². The first-order valence-electron chi connectivity index (χ1n) is 6.04. The summed E-state index contributed by atoms with van der Waals surface area (Å²) in [5, 5.41) is 8.74. The van der Waals surface area contributed by atoms with Gasteiger partial charge in [0.1, 0.15) is 0 Å². The van der Waals surface area contributed by atoms with Crippen molar-refractivity contribution >= 4 is 0 Å². The van der Waals surface area contributed by atoms with E-state index in [4.69, 9.17) is 10.00 Å². The predicted molar refractivity (Wildman–Crippen MR) is 66.4 cm³/mol. The first-order valence-corrected chi connectivity index (χ1v) is 6.04. The van der Waals surface area contributed by atoms with E-state index in [9.17, 15) is 0 Å². The Kier molecular flexibility index (Phi) is 3.78. The number of benzene rings is 1. The van der Waals surface area contributed by atoms with Gasteiger partial charge in [-0.1, -0.05) is 12.1 Å². The lowest BCUT2D eigenvalue weighted by Crippen LogP contribution is -2.44. The normalized spacial score (nSPS) is 25.5. The number of hydrogen-bond acceptors (Lipinski definition) is 3. The minimum Gasteiger partial charge on any atom is -0.373 e. The van der Waals surface area contributed by atoms with Gasteiger partial charge in [-0.2, -0.15) is 5.26 Å². The molecule has 1 fully saturated rings. The zero-order chi connectivity index (χ0) is 12.3. The molecule has 1 aromatic rings. The number of ether oxygens (including phenoxy) is 1. The maximum Gasteiger partial charge on any atom is 0.0991 e. The molecule has 1 aromatic carbocycles. The fourth-order valence-corrected chi connectivity index (χ4v) is 2.36. The number of hydrogen-bond donors (Lipinski definition) is 0. The van der Waals surface area contributed by atoms with Crippen molar-refractivity contribution in [3.05, 3.63) is 35.4 Å². The monoisotopic (exact) mass is 230 g/mol. The Morgan fingerprint density at radius 3 is 2.35 bits per heavy atom. The molecule has 0 aliphatic carbocycles. The SMILES string of the molecule is C[C@@H]1CN(Cc2ccc(C#N)cc2)C[C@@H](C)O1. The summed E-state index contributed by atoms with van der Waals surface area (Å²) in [6.45, 7) is 7.11. The fourth-order valence-electron chi connectivity index (χ4n) is 2.36. The van der Waals surface area contributed by atoms with Gasteiger partial charge < -0.3 is 4.74 Å². The summed E-state index contributed by atoms with van der Waals surface area (Å²) in [5.74, 6) is 0. The maximum atomic E-state index is 8.74. The van der Waals surface area contributed by atoms with Gasteiger partial charge in [-0.3, -0.25) is 4.90 Å². The molecule has 17 heavy (non-hydrogen) atoms. The highest BCUT2D eigenvalue weighted by Crippen LogP contribution is 2.14. The summed E-state index contributed by atoms with van der Waals surface area (Å²) in [6.07, 6.45) is 0.606. The maximum absolute atomic E-state index is 8.74. The topological polar surface area (TPSA) is 36.3 Å². The van der Waals surface area contributed by atoms with Gasteiger partial charge in [0, 0.05) is 19.6 Å². The first kappa shape index (κ1) is 12.1. The van der Waals surface area contributed by atoms with E-state index in [1.807, 2.05) is 24.3 Å². The smallest absolute Gasteiger partial charge is 0.0991 e. The van der Waals surface area contributed by atoms with Crippen molar-refractivity contribution in [2.75, 3.05) is 13.1 Å². The third kappa shape index (κ3) is 3.29. The lowest BCUT2D eigenvalue weighted by molar-refractivity contribution is -0.0704. The van der Waals surface area contributed by atoms with Crippen molar-refractivity contribution in [2.24, 2.45) is 0 Å². The average molecular weight is 230 g/mol. The van der Waals surface area contributed by atoms with Crippen molar-refractivity contribution in [3.8, 4) is 6.07 Å². The molecule has 1 aliphatic heterocycles. The highest BCUT2D eigenvalue weighted by molar-refractivity contribution is 5.31. The summed E-state index contributed by atoms with van der Waals surface area (Å²) in [6, 6.07) is 9.96. The summed E-state index contributed by atoms with van der Waals surface area (Å²) in [5.41, 5.74) is 1.97. The Hall–Kier alpha value is -1.37. The van der Waals surface area contributed by atoms with E-state index in [0.29, 0.717) is 12.2 Å². The van der Waals surface area contributed by atoms with Crippen LogP contribution in [0.5, 0.6) is 0 Å². The Bertz CT molecular complexity index is 397. The molecular weight excluding hydrogens is 212 g/mol. The molecule has 3 nitrogen and oxygen atoms in total. The minimum absolute atomic E-state index is 0.303. The van der Waals surface area contributed by atoms with Gasteiger partial charge in [-0.15, -0.1) is 0 Å². The third-order valence-electron chi connectivity index (χ3n) is 2.98. The third-order valence-corrected chi connectivity index (χ3v) is 2.98. The van der Waals surface area contributed by atoms with Crippen LogP contribution >= 0.6 is 0 Å². The molecular formula is C14H18N2O. The van der Waals surface area contributed by atoms with E-state index in [2.05, 4.69) is 24.8 Å². The lowest BCUT2D eigenvalue weighted by atomic mass is 10.1. The standard InChI is InChI=1S/C14H18N2O/c1-11-8-16(9-12(2)17-11)10-14-5-3-13(7-15)4-6-14/h3-6,11-12H,8-10H2,1-2H3/t11-,12-/m1/s1. The minimum atomic E-state index is 0.303. The second kappa shape index (κ2) is 5.31. The molecule has 0 spiro atoms. The first-order chi connectivity index (χ1) is 8.17. The van der Waals surface area contributed by atoms with E-state index >= 15 is 0 Å². The molecule has 2 rings (SSSR count). The van der Waals surface area contributed by atoms with Crippen LogP contribution in [0.15, 0.2) is 24.3 Å². The van der Waals surface area contributed by atoms with Crippen LogP contribution in [0.2, 0.25) is 0 Å². The summed E-state index contributed by atoms with van der Waals surface area (Å²) in [4.78, 5) is 2.40. The van der Waals surface area contributed by atoms with Crippen molar-refractivity contribution < 1.29 is 4.74 Å². The molecule has 2 atom stereocenters. The van der Waals surface area contributed by atoms with E-state index in [1.165, 1.54) is 5.56 Å². The highest BCUT2D eigenvalue weighted by Gasteiger charge is 2.21. The van der Waals surface area contributed by atoms with Crippen molar-refractivity contribution in [2.45, 2.75) is 32.6 Å². The van der Waals surface area contributed by atoms with E-state index in [0.717, 1.165) is 25.2 Å². The van der Waals surface area contributed by atoms with Crippen LogP contribution in [0, 0.1) is 11.3 Å². The molecule has 0 N–H and O–H groups in total. The van der Waals surface area contributed by atoms with Gasteiger partial charge in [0.25, 0.3) is 0 Å². The summed E-state index contributed by atoms with van der Waals surface area (Å²) < 4.78 is 5.71. The molecule has 1 heterocycles. The van der Waals surface area contributed by atoms with Gasteiger partial charge in [-0.25, -0.2) is 0 Å². The molecule has 1 saturated heterocycles. The second-order valence-corrected chi connectivity index (χ2v) is 4.76. The van der Waals surface area contributed by atoms with Gasteiger partial charge in [0.15, 0.2) is 0 Å². The van der Waals surface area contributed by atoms with Crippen LogP contribution in [0.3, 0.4) is 0 Å². The van der Waals surface area contributed by atoms with E-state index in [-0.39, 0.29) is 0 Å². The van der Waals surface area contributed by atoms with Gasteiger partial charge in [-0.05, 0) is 31.5 Å². The number of rotatable bonds is 2. The van der Waals surface area contributed by atoms with Crippen LogP contribution in [-0.4, -0.2) is 30.2 Å². The molecule has 0 saturated carbocycles. The van der Waals surface area contributed by atoms with E-state index in [1.54, 1.807) is 0 Å². The number of nitrogens with zero attached hydrogens (tertiary/aromatic N) is 2. The predicted octanol–water partition coefficient (Wildman–Crippen LogP) is 2.17.